The van der Waals surface area contributed by atoms with Crippen molar-refractivity contribution in [2.75, 3.05) is 31.1 Å². The maximum Gasteiger partial charge on any atom is 0.239 e. The Morgan fingerprint density at radius 3 is 2.47 bits per heavy atom. The lowest BCUT2D eigenvalue weighted by Crippen LogP contribution is -2.46. The van der Waals surface area contributed by atoms with E-state index in [4.69, 9.17) is 5.73 Å². The molecule has 0 bridgehead atoms. The molecule has 5 heteroatoms. The Morgan fingerprint density at radius 1 is 1.40 bits per heavy atom. The average molecular weight is 250 g/mol. The molecule has 0 aliphatic carbocycles. The minimum Gasteiger partial charge on any atom is -0.341 e. The molecule has 0 saturated heterocycles. The van der Waals surface area contributed by atoms with Crippen LogP contribution in [0.2, 0.25) is 0 Å². The molecule has 0 radical (unpaired) electrons. The molecule has 2 N–H and O–H groups in total. The van der Waals surface area contributed by atoms with E-state index >= 15 is 0 Å². The molecule has 90 valence electrons. The fraction of sp³-hybridized carbons (Fsp3) is 0.900. The molecule has 0 aromatic rings. The molecule has 0 rings (SSSR count). The van der Waals surface area contributed by atoms with E-state index < -0.39 is 0 Å². The van der Waals surface area contributed by atoms with Gasteiger partial charge in [0.2, 0.25) is 5.91 Å². The van der Waals surface area contributed by atoms with Gasteiger partial charge in [-0.1, -0.05) is 0 Å². The molecule has 0 aliphatic heterocycles. The van der Waals surface area contributed by atoms with Crippen LogP contribution in [0.3, 0.4) is 0 Å². The number of nitrogens with zero attached hydrogens (tertiary/aromatic N) is 1. The van der Waals surface area contributed by atoms with Crippen LogP contribution >= 0.6 is 23.5 Å². The summed E-state index contributed by atoms with van der Waals surface area (Å²) in [5.41, 5.74) is 5.83. The van der Waals surface area contributed by atoms with Gasteiger partial charge < -0.3 is 10.6 Å². The maximum absolute atomic E-state index is 11.8. The highest BCUT2D eigenvalue weighted by molar-refractivity contribution is 7.98. The number of thioether (sulfide) groups is 2. The fourth-order valence-corrected chi connectivity index (χ4v) is 2.40. The zero-order valence-corrected chi connectivity index (χ0v) is 11.7. The van der Waals surface area contributed by atoms with Gasteiger partial charge in [-0.2, -0.15) is 23.5 Å². The Balaban J connectivity index is 4.05. The second-order valence-electron chi connectivity index (χ2n) is 3.64. The lowest BCUT2D eigenvalue weighted by molar-refractivity contribution is -0.132. The molecule has 0 fully saturated rings. The summed E-state index contributed by atoms with van der Waals surface area (Å²) in [7, 11) is 1.84. The largest absolute Gasteiger partial charge is 0.341 e. The average Bonchev–Trinajstić information content (AvgIpc) is 2.24. The van der Waals surface area contributed by atoms with Crippen LogP contribution in [0.1, 0.15) is 13.3 Å². The number of amides is 1. The van der Waals surface area contributed by atoms with Crippen LogP contribution in [-0.4, -0.2) is 54.0 Å². The Hall–Kier alpha value is 0.130. The lowest BCUT2D eigenvalue weighted by Gasteiger charge is -2.27. The van der Waals surface area contributed by atoms with Gasteiger partial charge in [0.25, 0.3) is 0 Å². The predicted octanol–water partition coefficient (Wildman–Crippen LogP) is 1.28. The smallest absolute Gasteiger partial charge is 0.239 e. The zero-order valence-electron chi connectivity index (χ0n) is 10.0. The molecular formula is C10H22N2OS2. The van der Waals surface area contributed by atoms with Gasteiger partial charge in [-0.3, -0.25) is 4.79 Å². The molecule has 1 amide bonds. The number of rotatable bonds is 7. The van der Waals surface area contributed by atoms with Gasteiger partial charge in [0.15, 0.2) is 0 Å². The van der Waals surface area contributed by atoms with Gasteiger partial charge in [0, 0.05) is 18.8 Å². The zero-order chi connectivity index (χ0) is 11.8. The number of nitrogens with two attached hydrogens (primary N) is 1. The predicted molar refractivity (Wildman–Crippen MR) is 71.6 cm³/mol. The van der Waals surface area contributed by atoms with E-state index in [2.05, 4.69) is 6.92 Å². The summed E-state index contributed by atoms with van der Waals surface area (Å²) in [6.07, 6.45) is 4.83. The van der Waals surface area contributed by atoms with E-state index in [1.807, 2.05) is 19.6 Å². The van der Waals surface area contributed by atoms with E-state index in [1.54, 1.807) is 28.4 Å². The van der Waals surface area contributed by atoms with Crippen molar-refractivity contribution in [3.63, 3.8) is 0 Å². The fourth-order valence-electron chi connectivity index (χ4n) is 1.20. The molecule has 0 aliphatic rings. The van der Waals surface area contributed by atoms with Gasteiger partial charge in [0.05, 0.1) is 6.04 Å². The summed E-state index contributed by atoms with van der Waals surface area (Å²) in [6, 6.07) is -0.0837. The van der Waals surface area contributed by atoms with Crippen molar-refractivity contribution in [2.45, 2.75) is 25.4 Å². The first-order valence-electron chi connectivity index (χ1n) is 5.04. The Kier molecular flexibility index (Phi) is 8.37. The van der Waals surface area contributed by atoms with Crippen LogP contribution in [0.25, 0.3) is 0 Å². The first kappa shape index (κ1) is 15.1. The van der Waals surface area contributed by atoms with Gasteiger partial charge in [-0.25, -0.2) is 0 Å². The number of hydrogen-bond acceptors (Lipinski definition) is 4. The Morgan fingerprint density at radius 2 is 2.00 bits per heavy atom. The highest BCUT2D eigenvalue weighted by atomic mass is 32.2. The van der Waals surface area contributed by atoms with Crippen molar-refractivity contribution in [3.8, 4) is 0 Å². The van der Waals surface area contributed by atoms with Crippen molar-refractivity contribution in [1.82, 2.24) is 4.90 Å². The number of hydrogen-bond donors (Lipinski definition) is 1. The second kappa shape index (κ2) is 8.30. The molecule has 15 heavy (non-hydrogen) atoms. The van der Waals surface area contributed by atoms with Crippen LogP contribution in [0, 0.1) is 0 Å². The first-order chi connectivity index (χ1) is 7.04. The van der Waals surface area contributed by atoms with Crippen molar-refractivity contribution in [1.29, 1.82) is 0 Å². The molecule has 0 spiro atoms. The van der Waals surface area contributed by atoms with Crippen molar-refractivity contribution < 1.29 is 4.79 Å². The Labute approximate surface area is 102 Å². The number of carbonyl (C=O) groups is 1. The molecule has 0 aromatic heterocycles. The van der Waals surface area contributed by atoms with Crippen LogP contribution in [-0.2, 0) is 4.79 Å². The van der Waals surface area contributed by atoms with E-state index in [-0.39, 0.29) is 18.0 Å². The third-order valence-corrected chi connectivity index (χ3v) is 3.83. The monoisotopic (exact) mass is 250 g/mol. The minimum absolute atomic E-state index is 0.0607. The maximum atomic E-state index is 11.8. The van der Waals surface area contributed by atoms with Crippen molar-refractivity contribution >= 4 is 29.4 Å². The third kappa shape index (κ3) is 5.68. The summed E-state index contributed by atoms with van der Waals surface area (Å²) < 4.78 is 0. The SMILES string of the molecule is CSCC[C@@H](N)C(=O)N(C)C(C)CSC. The van der Waals surface area contributed by atoms with Crippen LogP contribution in [0.15, 0.2) is 0 Å². The van der Waals surface area contributed by atoms with Gasteiger partial charge in [-0.05, 0) is 31.6 Å². The molecule has 0 aromatic carbocycles. The standard InChI is InChI=1S/C10H22N2OS2/c1-8(7-15-4)12(2)10(13)9(11)5-6-14-3/h8-9H,5-7,11H2,1-4H3/t8?,9-/m1/s1. The quantitative estimate of drug-likeness (QED) is 0.739. The van der Waals surface area contributed by atoms with Crippen molar-refractivity contribution in [3.05, 3.63) is 0 Å². The van der Waals surface area contributed by atoms with Gasteiger partial charge in [-0.15, -0.1) is 0 Å². The molecular weight excluding hydrogens is 228 g/mol. The Bertz CT molecular complexity index is 190. The van der Waals surface area contributed by atoms with E-state index in [1.165, 1.54) is 0 Å². The number of carbonyl (C=O) groups excluding carboxylic acids is 1. The lowest BCUT2D eigenvalue weighted by atomic mass is 10.2. The molecule has 2 atom stereocenters. The van der Waals surface area contributed by atoms with Gasteiger partial charge >= 0.3 is 0 Å². The summed E-state index contributed by atoms with van der Waals surface area (Å²) in [4.78, 5) is 13.6. The summed E-state index contributed by atoms with van der Waals surface area (Å²) in [6.45, 7) is 2.05. The summed E-state index contributed by atoms with van der Waals surface area (Å²) >= 11 is 3.47. The highest BCUT2D eigenvalue weighted by Crippen LogP contribution is 2.07. The van der Waals surface area contributed by atoms with Gasteiger partial charge in [0.1, 0.15) is 0 Å². The van der Waals surface area contributed by atoms with Crippen molar-refractivity contribution in [2.24, 2.45) is 5.73 Å². The second-order valence-corrected chi connectivity index (χ2v) is 5.54. The first-order valence-corrected chi connectivity index (χ1v) is 7.83. The molecule has 3 nitrogen and oxygen atoms in total. The molecule has 0 heterocycles. The molecule has 1 unspecified atom stereocenters. The normalized spacial score (nSPS) is 14.7. The molecule has 0 saturated carbocycles. The van der Waals surface area contributed by atoms with Crippen LogP contribution in [0.5, 0.6) is 0 Å². The summed E-state index contributed by atoms with van der Waals surface area (Å²) in [5, 5.41) is 0. The third-order valence-electron chi connectivity index (χ3n) is 2.37. The highest BCUT2D eigenvalue weighted by Gasteiger charge is 2.21. The van der Waals surface area contributed by atoms with Crippen LogP contribution < -0.4 is 5.73 Å². The van der Waals surface area contributed by atoms with E-state index in [0.29, 0.717) is 0 Å². The topological polar surface area (TPSA) is 46.3 Å². The van der Waals surface area contributed by atoms with Crippen LogP contribution in [0.4, 0.5) is 0 Å². The van der Waals surface area contributed by atoms with E-state index in [0.717, 1.165) is 17.9 Å². The minimum atomic E-state index is -0.341. The van der Waals surface area contributed by atoms with E-state index in [9.17, 15) is 4.79 Å². The number of likely N-dealkylation sites (N-methyl/N-ethyl adjacent to an activating group) is 1. The summed E-state index contributed by atoms with van der Waals surface area (Å²) in [5.74, 6) is 1.96.